The highest BCUT2D eigenvalue weighted by atomic mass is 19.1. The van der Waals surface area contributed by atoms with Crippen molar-refractivity contribution in [3.63, 3.8) is 0 Å². The van der Waals surface area contributed by atoms with Crippen LogP contribution >= 0.6 is 0 Å². The minimum Gasteiger partial charge on any atom is -0.444 e. The second-order valence-corrected chi connectivity index (χ2v) is 9.18. The van der Waals surface area contributed by atoms with E-state index >= 15 is 0 Å². The second kappa shape index (κ2) is 8.65. The van der Waals surface area contributed by atoms with Crippen molar-refractivity contribution in [2.45, 2.75) is 45.9 Å². The number of ether oxygens (including phenoxy) is 1. The monoisotopic (exact) mass is 437 g/mol. The van der Waals surface area contributed by atoms with Crippen molar-refractivity contribution in [3.8, 4) is 0 Å². The van der Waals surface area contributed by atoms with Gasteiger partial charge in [-0.3, -0.25) is 0 Å². The molecule has 2 heterocycles. The van der Waals surface area contributed by atoms with Crippen LogP contribution in [0.1, 0.15) is 43.9 Å². The third-order valence-electron chi connectivity index (χ3n) is 5.55. The average Bonchev–Trinajstić information content (AvgIpc) is 3.17. The summed E-state index contributed by atoms with van der Waals surface area (Å²) in [4.78, 5) is 28.2. The van der Waals surface area contributed by atoms with E-state index in [1.54, 1.807) is 15.9 Å². The summed E-state index contributed by atoms with van der Waals surface area (Å²) in [7, 11) is 0. The minimum absolute atomic E-state index is 0.209. The Hall–Kier alpha value is -3.35. The minimum atomic E-state index is -0.505. The Balaban J connectivity index is 1.33. The Labute approximate surface area is 187 Å². The van der Waals surface area contributed by atoms with E-state index in [9.17, 15) is 14.0 Å². The lowest BCUT2D eigenvalue weighted by atomic mass is 9.99. The molecule has 0 radical (unpaired) electrons. The van der Waals surface area contributed by atoms with Crippen LogP contribution in [0.25, 0.3) is 5.57 Å². The lowest BCUT2D eigenvalue weighted by molar-refractivity contribution is 0.0270. The molecule has 2 aliphatic rings. The number of nitrogens with zero attached hydrogens (tertiary/aromatic N) is 2. The van der Waals surface area contributed by atoms with Crippen LogP contribution in [0.2, 0.25) is 0 Å². The molecule has 32 heavy (non-hydrogen) atoms. The van der Waals surface area contributed by atoms with E-state index in [1.807, 2.05) is 51.1 Å². The molecule has 4 rings (SSSR count). The predicted octanol–water partition coefficient (Wildman–Crippen LogP) is 5.40. The van der Waals surface area contributed by atoms with E-state index in [-0.39, 0.29) is 17.9 Å². The van der Waals surface area contributed by atoms with Gasteiger partial charge in [-0.05, 0) is 73.7 Å². The summed E-state index contributed by atoms with van der Waals surface area (Å²) in [6.07, 6.45) is 2.49. The van der Waals surface area contributed by atoms with Crippen molar-refractivity contribution in [2.75, 3.05) is 18.4 Å². The third kappa shape index (κ3) is 5.10. The van der Waals surface area contributed by atoms with Gasteiger partial charge in [0.2, 0.25) is 0 Å². The van der Waals surface area contributed by atoms with Crippen LogP contribution in [0.15, 0.2) is 48.5 Å². The molecule has 2 aromatic carbocycles. The molecule has 168 valence electrons. The quantitative estimate of drug-likeness (QED) is 0.685. The zero-order valence-corrected chi connectivity index (χ0v) is 18.7. The van der Waals surface area contributed by atoms with Crippen molar-refractivity contribution in [1.29, 1.82) is 0 Å². The van der Waals surface area contributed by atoms with E-state index < -0.39 is 5.60 Å². The lowest BCUT2D eigenvalue weighted by Crippen LogP contribution is -2.39. The predicted molar refractivity (Wildman–Crippen MR) is 122 cm³/mol. The van der Waals surface area contributed by atoms with E-state index in [0.29, 0.717) is 31.9 Å². The van der Waals surface area contributed by atoms with Gasteiger partial charge < -0.3 is 19.9 Å². The average molecular weight is 438 g/mol. The fourth-order valence-electron chi connectivity index (χ4n) is 3.90. The van der Waals surface area contributed by atoms with Crippen LogP contribution in [-0.4, -0.2) is 40.6 Å². The van der Waals surface area contributed by atoms with Gasteiger partial charge in [0.05, 0.1) is 0 Å². The highest BCUT2D eigenvalue weighted by Crippen LogP contribution is 2.26. The second-order valence-electron chi connectivity index (χ2n) is 9.18. The van der Waals surface area contributed by atoms with Crippen LogP contribution in [0.3, 0.4) is 0 Å². The maximum atomic E-state index is 13.4. The summed E-state index contributed by atoms with van der Waals surface area (Å²) < 4.78 is 18.8. The molecule has 7 heteroatoms. The van der Waals surface area contributed by atoms with E-state index in [0.717, 1.165) is 23.1 Å². The van der Waals surface area contributed by atoms with Crippen molar-refractivity contribution in [1.82, 2.24) is 9.80 Å². The molecule has 0 aliphatic carbocycles. The molecular formula is C25H28FN3O3. The number of benzene rings is 2. The van der Waals surface area contributed by atoms with Crippen LogP contribution in [-0.2, 0) is 17.8 Å². The standard InChI is InChI=1S/C25H28FN3O3/c1-25(2,3)32-24(31)28-12-10-18(11-13-28)17-5-8-22(9-6-17)27-23(30)29-15-19-4-7-21(26)14-20(19)16-29/h4-10,14H,11-13,15-16H2,1-3H3,(H,27,30). The highest BCUT2D eigenvalue weighted by molar-refractivity contribution is 5.90. The first kappa shape index (κ1) is 21.9. The summed E-state index contributed by atoms with van der Waals surface area (Å²) >= 11 is 0. The fraction of sp³-hybridized carbons (Fsp3) is 0.360. The molecule has 3 amide bonds. The Morgan fingerprint density at radius 1 is 1.00 bits per heavy atom. The molecular weight excluding hydrogens is 409 g/mol. The molecule has 0 spiro atoms. The normalized spacial score (nSPS) is 15.8. The van der Waals surface area contributed by atoms with Gasteiger partial charge >= 0.3 is 12.1 Å². The molecule has 2 aromatic rings. The molecule has 0 aromatic heterocycles. The first-order chi connectivity index (χ1) is 15.2. The number of rotatable bonds is 2. The van der Waals surface area contributed by atoms with Crippen LogP contribution < -0.4 is 5.32 Å². The molecule has 0 fully saturated rings. The molecule has 1 N–H and O–H groups in total. The van der Waals surface area contributed by atoms with Gasteiger partial charge in [0.1, 0.15) is 11.4 Å². The SMILES string of the molecule is CC(C)(C)OC(=O)N1CC=C(c2ccc(NC(=O)N3Cc4ccc(F)cc4C3)cc2)CC1. The number of amides is 3. The molecule has 0 bridgehead atoms. The topological polar surface area (TPSA) is 61.9 Å². The number of carbonyl (C=O) groups is 2. The number of carbonyl (C=O) groups excluding carboxylic acids is 2. The first-order valence-electron chi connectivity index (χ1n) is 10.8. The molecule has 0 saturated heterocycles. The largest absolute Gasteiger partial charge is 0.444 e. The number of hydrogen-bond donors (Lipinski definition) is 1. The highest BCUT2D eigenvalue weighted by Gasteiger charge is 2.25. The Bertz CT molecular complexity index is 1060. The van der Waals surface area contributed by atoms with Crippen molar-refractivity contribution in [3.05, 3.63) is 71.0 Å². The lowest BCUT2D eigenvalue weighted by Gasteiger charge is -2.29. The Kier molecular flexibility index (Phi) is 5.91. The first-order valence-corrected chi connectivity index (χ1v) is 10.8. The van der Waals surface area contributed by atoms with Gasteiger partial charge in [-0.25, -0.2) is 14.0 Å². The van der Waals surface area contributed by atoms with Gasteiger partial charge in [0.15, 0.2) is 0 Å². The maximum Gasteiger partial charge on any atom is 0.410 e. The summed E-state index contributed by atoms with van der Waals surface area (Å²) in [5.74, 6) is -0.284. The number of hydrogen-bond acceptors (Lipinski definition) is 3. The number of fused-ring (bicyclic) bond motifs is 1. The molecule has 6 nitrogen and oxygen atoms in total. The Morgan fingerprint density at radius 2 is 1.72 bits per heavy atom. The van der Waals surface area contributed by atoms with Crippen molar-refractivity contribution in [2.24, 2.45) is 0 Å². The smallest absolute Gasteiger partial charge is 0.410 e. The summed E-state index contributed by atoms with van der Waals surface area (Å²) in [5, 5.41) is 2.91. The number of anilines is 1. The fourth-order valence-corrected chi connectivity index (χ4v) is 3.90. The molecule has 2 aliphatic heterocycles. The van der Waals surface area contributed by atoms with E-state index in [1.165, 1.54) is 17.7 Å². The van der Waals surface area contributed by atoms with E-state index in [2.05, 4.69) is 5.32 Å². The summed E-state index contributed by atoms with van der Waals surface area (Å²) in [6, 6.07) is 12.1. The van der Waals surface area contributed by atoms with E-state index in [4.69, 9.17) is 4.74 Å². The number of nitrogens with one attached hydrogen (secondary N) is 1. The summed E-state index contributed by atoms with van der Waals surface area (Å²) in [6.45, 7) is 7.57. The van der Waals surface area contributed by atoms with Crippen molar-refractivity contribution < 1.29 is 18.7 Å². The van der Waals surface area contributed by atoms with Gasteiger partial charge in [-0.15, -0.1) is 0 Å². The van der Waals surface area contributed by atoms with Crippen LogP contribution in [0.5, 0.6) is 0 Å². The van der Waals surface area contributed by atoms with Gasteiger partial charge in [-0.1, -0.05) is 24.3 Å². The number of halogens is 1. The van der Waals surface area contributed by atoms with Gasteiger partial charge in [0.25, 0.3) is 0 Å². The van der Waals surface area contributed by atoms with Gasteiger partial charge in [-0.2, -0.15) is 0 Å². The Morgan fingerprint density at radius 3 is 2.38 bits per heavy atom. The third-order valence-corrected chi connectivity index (χ3v) is 5.55. The molecule has 0 atom stereocenters. The van der Waals surface area contributed by atoms with Crippen molar-refractivity contribution >= 4 is 23.4 Å². The summed E-state index contributed by atoms with van der Waals surface area (Å²) in [5.41, 5.74) is 4.25. The zero-order chi connectivity index (χ0) is 22.9. The zero-order valence-electron chi connectivity index (χ0n) is 18.7. The van der Waals surface area contributed by atoms with Crippen LogP contribution in [0, 0.1) is 5.82 Å². The molecule has 0 saturated carbocycles. The maximum absolute atomic E-state index is 13.4. The van der Waals surface area contributed by atoms with Gasteiger partial charge in [0, 0.05) is 31.9 Å². The number of urea groups is 1. The molecule has 0 unspecified atom stereocenters. The van der Waals surface area contributed by atoms with Crippen LogP contribution in [0.4, 0.5) is 19.7 Å².